The van der Waals surface area contributed by atoms with Crippen molar-refractivity contribution in [2.24, 2.45) is 7.05 Å². The Morgan fingerprint density at radius 3 is 2.76 bits per heavy atom. The number of rotatable bonds is 4. The summed E-state index contributed by atoms with van der Waals surface area (Å²) in [5.74, 6) is 0.245. The fourth-order valence-corrected chi connectivity index (χ4v) is 5.24. The van der Waals surface area contributed by atoms with Crippen LogP contribution >= 0.6 is 11.8 Å². The number of carbonyl (C=O) groups is 1. The van der Waals surface area contributed by atoms with Gasteiger partial charge in [-0.25, -0.2) is 9.71 Å². The van der Waals surface area contributed by atoms with Crippen LogP contribution in [0.5, 0.6) is 0 Å². The zero-order valence-corrected chi connectivity index (χ0v) is 16.2. The first-order valence-electron chi connectivity index (χ1n) is 8.03. The van der Waals surface area contributed by atoms with E-state index in [1.807, 2.05) is 39.0 Å². The normalized spacial score (nSPS) is 16.9. The number of aryl methyl sites for hydroxylation is 2. The maximum atomic E-state index is 12.5. The molecule has 1 unspecified atom stereocenters. The monoisotopic (exact) mass is 379 g/mol. The lowest BCUT2D eigenvalue weighted by atomic mass is 10.1. The predicted molar refractivity (Wildman–Crippen MR) is 97.2 cm³/mol. The van der Waals surface area contributed by atoms with E-state index in [2.05, 4.69) is 9.71 Å². The molecule has 0 bridgehead atoms. The van der Waals surface area contributed by atoms with Crippen molar-refractivity contribution in [1.29, 1.82) is 0 Å². The molecule has 3 rings (SSSR count). The Morgan fingerprint density at radius 1 is 1.40 bits per heavy atom. The zero-order chi connectivity index (χ0) is 18.4. The van der Waals surface area contributed by atoms with Crippen LogP contribution in [0.15, 0.2) is 34.3 Å². The molecule has 2 heterocycles. The van der Waals surface area contributed by atoms with Gasteiger partial charge in [0.2, 0.25) is 5.91 Å². The standard InChI is InChI=1S/C17H21N3O3S2/c1-10(2)16-18-15(9-20(16)4)25(22,23)19-17(21)14-8-12-6-5-11(3)7-13(12)24-14/h5-7,9-10,14H,8H2,1-4H3,(H,19,21). The summed E-state index contributed by atoms with van der Waals surface area (Å²) in [5.41, 5.74) is 2.20. The van der Waals surface area contributed by atoms with Gasteiger partial charge in [-0.15, -0.1) is 11.8 Å². The van der Waals surface area contributed by atoms with Gasteiger partial charge in [0.1, 0.15) is 5.82 Å². The van der Waals surface area contributed by atoms with Gasteiger partial charge in [0.05, 0.1) is 5.25 Å². The molecule has 1 N–H and O–H groups in total. The third kappa shape index (κ3) is 3.59. The highest BCUT2D eigenvalue weighted by Gasteiger charge is 2.32. The van der Waals surface area contributed by atoms with Gasteiger partial charge in [-0.2, -0.15) is 8.42 Å². The Bertz CT molecular complexity index is 933. The van der Waals surface area contributed by atoms with Crippen LogP contribution in [0.3, 0.4) is 0 Å². The molecule has 1 aliphatic heterocycles. The second-order valence-corrected chi connectivity index (χ2v) is 9.47. The largest absolute Gasteiger partial charge is 0.336 e. The van der Waals surface area contributed by atoms with Crippen LogP contribution in [0.2, 0.25) is 0 Å². The Balaban J connectivity index is 1.76. The molecule has 6 nitrogen and oxygen atoms in total. The highest BCUT2D eigenvalue weighted by atomic mass is 32.2. The number of carbonyl (C=O) groups excluding carboxylic acids is 1. The molecule has 1 aromatic carbocycles. The van der Waals surface area contributed by atoms with E-state index < -0.39 is 21.2 Å². The Morgan fingerprint density at radius 2 is 2.12 bits per heavy atom. The first-order valence-corrected chi connectivity index (χ1v) is 10.4. The average Bonchev–Trinajstić information content (AvgIpc) is 3.10. The lowest BCUT2D eigenvalue weighted by Gasteiger charge is -2.09. The number of hydrogen-bond donors (Lipinski definition) is 1. The van der Waals surface area contributed by atoms with Gasteiger partial charge in [0.25, 0.3) is 10.0 Å². The molecule has 8 heteroatoms. The summed E-state index contributed by atoms with van der Waals surface area (Å²) >= 11 is 1.41. The van der Waals surface area contributed by atoms with Crippen LogP contribution in [0.4, 0.5) is 0 Å². The predicted octanol–water partition coefficient (Wildman–Crippen LogP) is 2.37. The van der Waals surface area contributed by atoms with Crippen molar-refractivity contribution in [3.8, 4) is 0 Å². The average molecular weight is 380 g/mol. The van der Waals surface area contributed by atoms with Crippen molar-refractivity contribution in [2.75, 3.05) is 0 Å². The van der Waals surface area contributed by atoms with E-state index >= 15 is 0 Å². The van der Waals surface area contributed by atoms with Crippen LogP contribution < -0.4 is 4.72 Å². The van der Waals surface area contributed by atoms with Crippen molar-refractivity contribution in [3.05, 3.63) is 41.3 Å². The van der Waals surface area contributed by atoms with Crippen LogP contribution in [0.1, 0.15) is 36.7 Å². The van der Waals surface area contributed by atoms with Crippen molar-refractivity contribution in [1.82, 2.24) is 14.3 Å². The molecule has 0 radical (unpaired) electrons. The maximum absolute atomic E-state index is 12.5. The van der Waals surface area contributed by atoms with Gasteiger partial charge >= 0.3 is 0 Å². The van der Waals surface area contributed by atoms with E-state index in [1.54, 1.807) is 11.6 Å². The Kier molecular flexibility index (Phi) is 4.68. The van der Waals surface area contributed by atoms with Crippen LogP contribution in [-0.4, -0.2) is 29.1 Å². The number of nitrogens with one attached hydrogen (secondary N) is 1. The second kappa shape index (κ2) is 6.49. The molecule has 0 spiro atoms. The number of nitrogens with zero attached hydrogens (tertiary/aromatic N) is 2. The number of imidazole rings is 1. The number of sulfonamides is 1. The van der Waals surface area contributed by atoms with Gasteiger partial charge in [-0.3, -0.25) is 4.79 Å². The summed E-state index contributed by atoms with van der Waals surface area (Å²) in [4.78, 5) is 17.7. The lowest BCUT2D eigenvalue weighted by molar-refractivity contribution is -0.118. The molecule has 1 amide bonds. The van der Waals surface area contributed by atoms with Crippen LogP contribution in [0.25, 0.3) is 0 Å². The fourth-order valence-electron chi connectivity index (χ4n) is 2.85. The van der Waals surface area contributed by atoms with Crippen molar-refractivity contribution < 1.29 is 13.2 Å². The molecule has 1 aromatic heterocycles. The van der Waals surface area contributed by atoms with Gasteiger partial charge in [0, 0.05) is 24.1 Å². The van der Waals surface area contributed by atoms with Crippen LogP contribution in [-0.2, 0) is 28.3 Å². The van der Waals surface area contributed by atoms with Gasteiger partial charge in [0.15, 0.2) is 5.03 Å². The van der Waals surface area contributed by atoms with Crippen molar-refractivity contribution in [3.63, 3.8) is 0 Å². The first kappa shape index (κ1) is 18.0. The van der Waals surface area contributed by atoms with Crippen LogP contribution in [0, 0.1) is 6.92 Å². The molecule has 0 fully saturated rings. The minimum atomic E-state index is -3.97. The zero-order valence-electron chi connectivity index (χ0n) is 14.6. The summed E-state index contributed by atoms with van der Waals surface area (Å²) in [5, 5.41) is -0.566. The number of benzene rings is 1. The lowest BCUT2D eigenvalue weighted by Crippen LogP contribution is -2.37. The van der Waals surface area contributed by atoms with E-state index in [0.29, 0.717) is 12.2 Å². The summed E-state index contributed by atoms with van der Waals surface area (Å²) in [6, 6.07) is 6.01. The Labute approximate surface area is 152 Å². The van der Waals surface area contributed by atoms with Crippen molar-refractivity contribution >= 4 is 27.7 Å². The smallest absolute Gasteiger partial charge is 0.283 e. The van der Waals surface area contributed by atoms with E-state index in [-0.39, 0.29) is 10.9 Å². The second-order valence-electron chi connectivity index (χ2n) is 6.59. The van der Waals surface area contributed by atoms with Crippen molar-refractivity contribution in [2.45, 2.75) is 48.3 Å². The van der Waals surface area contributed by atoms with E-state index in [1.165, 1.54) is 18.0 Å². The SMILES string of the molecule is Cc1ccc2c(c1)SC(C(=O)NS(=O)(=O)c1cn(C)c(C(C)C)n1)C2. The third-order valence-electron chi connectivity index (χ3n) is 4.11. The number of thioether (sulfide) groups is 1. The Hall–Kier alpha value is -1.80. The summed E-state index contributed by atoms with van der Waals surface area (Å²) in [7, 11) is -2.23. The highest BCUT2D eigenvalue weighted by Crippen LogP contribution is 2.37. The molecule has 0 saturated heterocycles. The number of hydrogen-bond acceptors (Lipinski definition) is 5. The first-order chi connectivity index (χ1) is 11.7. The molecule has 134 valence electrons. The molecule has 0 aliphatic carbocycles. The highest BCUT2D eigenvalue weighted by molar-refractivity contribution is 8.01. The summed E-state index contributed by atoms with van der Waals surface area (Å²) in [6.45, 7) is 5.86. The molecule has 1 aliphatic rings. The minimum Gasteiger partial charge on any atom is -0.336 e. The van der Waals surface area contributed by atoms with E-state index in [9.17, 15) is 13.2 Å². The fraction of sp³-hybridized carbons (Fsp3) is 0.412. The number of aromatic nitrogens is 2. The quantitative estimate of drug-likeness (QED) is 0.882. The number of fused-ring (bicyclic) bond motifs is 1. The minimum absolute atomic E-state index is 0.0905. The molecule has 25 heavy (non-hydrogen) atoms. The third-order valence-corrected chi connectivity index (χ3v) is 6.62. The molecular weight excluding hydrogens is 358 g/mol. The maximum Gasteiger partial charge on any atom is 0.283 e. The molecular formula is C17H21N3O3S2. The van der Waals surface area contributed by atoms with Gasteiger partial charge < -0.3 is 4.57 Å². The molecule has 2 aromatic rings. The molecule has 1 atom stereocenters. The van der Waals surface area contributed by atoms with E-state index in [0.717, 1.165) is 16.0 Å². The topological polar surface area (TPSA) is 81.1 Å². The summed E-state index contributed by atoms with van der Waals surface area (Å²) in [6.07, 6.45) is 1.96. The number of amides is 1. The molecule has 0 saturated carbocycles. The van der Waals surface area contributed by atoms with E-state index in [4.69, 9.17) is 0 Å². The van der Waals surface area contributed by atoms with Gasteiger partial charge in [-0.05, 0) is 25.0 Å². The summed E-state index contributed by atoms with van der Waals surface area (Å²) < 4.78 is 28.8. The van der Waals surface area contributed by atoms with Gasteiger partial charge in [-0.1, -0.05) is 31.5 Å².